The number of aromatic nitrogens is 3. The van der Waals surface area contributed by atoms with Crippen molar-refractivity contribution in [2.24, 2.45) is 4.99 Å². The fraction of sp³-hybridized carbons (Fsp3) is 0.179. The van der Waals surface area contributed by atoms with Crippen LogP contribution in [-0.4, -0.2) is 20.6 Å². The van der Waals surface area contributed by atoms with Gasteiger partial charge in [0.1, 0.15) is 0 Å². The van der Waals surface area contributed by atoms with Crippen LogP contribution in [0.15, 0.2) is 84.1 Å². The summed E-state index contributed by atoms with van der Waals surface area (Å²) in [7, 11) is 0. The Morgan fingerprint density at radius 3 is 2.52 bits per heavy atom. The summed E-state index contributed by atoms with van der Waals surface area (Å²) in [4.78, 5) is 14.4. The molecule has 33 heavy (non-hydrogen) atoms. The lowest BCUT2D eigenvalue weighted by Gasteiger charge is -2.20. The van der Waals surface area contributed by atoms with Gasteiger partial charge in [-0.15, -0.1) is 0 Å². The van der Waals surface area contributed by atoms with E-state index in [2.05, 4.69) is 82.5 Å². The fourth-order valence-corrected chi connectivity index (χ4v) is 4.20. The summed E-state index contributed by atoms with van der Waals surface area (Å²) < 4.78 is 2.29. The van der Waals surface area contributed by atoms with Gasteiger partial charge in [0, 0.05) is 11.9 Å². The number of anilines is 2. The highest BCUT2D eigenvalue weighted by atomic mass is 15.0. The van der Waals surface area contributed by atoms with E-state index in [0.717, 1.165) is 63.2 Å². The predicted octanol–water partition coefficient (Wildman–Crippen LogP) is 5.95. The van der Waals surface area contributed by atoms with Gasteiger partial charge in [-0.1, -0.05) is 29.8 Å². The Morgan fingerprint density at radius 2 is 1.73 bits per heavy atom. The van der Waals surface area contributed by atoms with Crippen molar-refractivity contribution < 1.29 is 0 Å². The minimum atomic E-state index is 0.403. The van der Waals surface area contributed by atoms with E-state index >= 15 is 0 Å². The first kappa shape index (κ1) is 19.7. The van der Waals surface area contributed by atoms with Crippen molar-refractivity contribution in [1.82, 2.24) is 14.5 Å². The van der Waals surface area contributed by atoms with E-state index in [0.29, 0.717) is 6.04 Å². The fourth-order valence-electron chi connectivity index (χ4n) is 4.20. The molecule has 1 saturated carbocycles. The van der Waals surface area contributed by atoms with Crippen LogP contribution < -0.4 is 10.7 Å². The molecule has 2 aliphatic carbocycles. The van der Waals surface area contributed by atoms with Crippen LogP contribution >= 0.6 is 0 Å². The molecule has 0 amide bonds. The number of nitrogens with one attached hydrogen (secondary N) is 1. The number of pyridine rings is 1. The minimum Gasteiger partial charge on any atom is -0.352 e. The number of rotatable bonds is 4. The van der Waals surface area contributed by atoms with E-state index in [9.17, 15) is 0 Å². The molecule has 162 valence electrons. The van der Waals surface area contributed by atoms with Crippen LogP contribution in [0.1, 0.15) is 24.0 Å². The maximum absolute atomic E-state index is 5.04. The second-order valence-corrected chi connectivity index (χ2v) is 8.87. The van der Waals surface area contributed by atoms with Crippen LogP contribution in [0.2, 0.25) is 0 Å². The highest BCUT2D eigenvalue weighted by molar-refractivity contribution is 5.84. The Balaban J connectivity index is 1.63. The van der Waals surface area contributed by atoms with Gasteiger partial charge in [0.15, 0.2) is 0 Å². The average Bonchev–Trinajstić information content (AvgIpc) is 3.63. The molecule has 2 aromatic carbocycles. The molecule has 0 saturated heterocycles. The summed E-state index contributed by atoms with van der Waals surface area (Å²) in [6.45, 7) is 4.16. The molecule has 0 atom stereocenters. The summed E-state index contributed by atoms with van der Waals surface area (Å²) in [5.74, 6) is 0. The molecule has 0 radical (unpaired) electrons. The zero-order valence-corrected chi connectivity index (χ0v) is 18.8. The molecule has 0 unspecified atom stereocenters. The quantitative estimate of drug-likeness (QED) is 0.358. The van der Waals surface area contributed by atoms with E-state index in [1.807, 2.05) is 25.4 Å². The topological polar surface area (TPSA) is 55.1 Å². The number of aryl methyl sites for hydroxylation is 2. The first-order valence-electron chi connectivity index (χ1n) is 11.4. The molecule has 1 aliphatic heterocycles. The molecule has 1 N–H and O–H groups in total. The Hall–Kier alpha value is -3.99. The number of hydrogen-bond acceptors (Lipinski definition) is 4. The van der Waals surface area contributed by atoms with Crippen molar-refractivity contribution in [3.8, 4) is 17.1 Å². The molecular formula is C28H25N5. The van der Waals surface area contributed by atoms with Crippen molar-refractivity contribution in [1.29, 1.82) is 0 Å². The van der Waals surface area contributed by atoms with Crippen LogP contribution in [0.4, 0.5) is 11.4 Å². The molecule has 0 spiro atoms. The van der Waals surface area contributed by atoms with Gasteiger partial charge in [0.25, 0.3) is 0 Å². The molecule has 1 fully saturated rings. The van der Waals surface area contributed by atoms with Gasteiger partial charge in [-0.3, -0.25) is 9.98 Å². The van der Waals surface area contributed by atoms with Crippen LogP contribution in [0.3, 0.4) is 0 Å². The molecular weight excluding hydrogens is 406 g/mol. The van der Waals surface area contributed by atoms with Gasteiger partial charge in [0.2, 0.25) is 0 Å². The highest BCUT2D eigenvalue weighted by Gasteiger charge is 2.21. The Kier molecular flexibility index (Phi) is 4.68. The number of benzene rings is 3. The molecule has 3 aliphatic rings. The van der Waals surface area contributed by atoms with Crippen LogP contribution in [0.25, 0.3) is 28.1 Å². The second-order valence-electron chi connectivity index (χ2n) is 8.87. The molecule has 5 nitrogen and oxygen atoms in total. The summed E-state index contributed by atoms with van der Waals surface area (Å²) in [6.07, 6.45) is 6.01. The molecule has 0 bridgehead atoms. The largest absolute Gasteiger partial charge is 0.352 e. The lowest BCUT2D eigenvalue weighted by atomic mass is 10.1. The standard InChI is InChI=1S/C28H25N5/c1-18-7-11-22(12-8-18)33-27-6-4-3-5-23(27)32-26-14-24(31-21-13-19(2)16-29-17-21)25(15-28(26)33)30-20-9-10-20/h3-8,11-17,20,31H,9-10H2,1-2H3. The SMILES string of the molecule is Cc1ccc(-n2c3cc(=NC4CC4)c(Nc4cncc(C)c4)cc-3nc3ccccc32)cc1. The van der Waals surface area contributed by atoms with Crippen molar-refractivity contribution in [3.63, 3.8) is 0 Å². The molecule has 3 aromatic rings. The maximum atomic E-state index is 5.04. The van der Waals surface area contributed by atoms with Crippen LogP contribution in [0.5, 0.6) is 0 Å². The smallest absolute Gasteiger partial charge is 0.0900 e. The van der Waals surface area contributed by atoms with Gasteiger partial charge in [-0.25, -0.2) is 4.98 Å². The number of nitrogens with zero attached hydrogens (tertiary/aromatic N) is 4. The summed E-state index contributed by atoms with van der Waals surface area (Å²) in [5.41, 5.74) is 9.39. The van der Waals surface area contributed by atoms with E-state index in [1.165, 1.54) is 5.56 Å². The third-order valence-electron chi connectivity index (χ3n) is 6.01. The van der Waals surface area contributed by atoms with E-state index in [-0.39, 0.29) is 0 Å². The van der Waals surface area contributed by atoms with Crippen molar-refractivity contribution in [2.75, 3.05) is 5.32 Å². The lowest BCUT2D eigenvalue weighted by Crippen LogP contribution is -2.15. The van der Waals surface area contributed by atoms with E-state index in [4.69, 9.17) is 9.98 Å². The van der Waals surface area contributed by atoms with Gasteiger partial charge >= 0.3 is 0 Å². The van der Waals surface area contributed by atoms with Crippen LogP contribution in [0, 0.1) is 13.8 Å². The maximum Gasteiger partial charge on any atom is 0.0900 e. The Morgan fingerprint density at radius 1 is 0.909 bits per heavy atom. The second kappa shape index (κ2) is 7.85. The molecule has 6 rings (SSSR count). The first-order chi connectivity index (χ1) is 16.1. The van der Waals surface area contributed by atoms with Crippen molar-refractivity contribution in [3.05, 3.63) is 95.6 Å². The zero-order chi connectivity index (χ0) is 22.4. The monoisotopic (exact) mass is 431 g/mol. The van der Waals surface area contributed by atoms with E-state index < -0.39 is 0 Å². The molecule has 5 heteroatoms. The van der Waals surface area contributed by atoms with E-state index in [1.54, 1.807) is 0 Å². The van der Waals surface area contributed by atoms with Crippen molar-refractivity contribution >= 4 is 22.4 Å². The predicted molar refractivity (Wildman–Crippen MR) is 133 cm³/mol. The number of para-hydroxylation sites is 2. The third-order valence-corrected chi connectivity index (χ3v) is 6.01. The zero-order valence-electron chi connectivity index (χ0n) is 18.8. The summed E-state index contributed by atoms with van der Waals surface area (Å²) in [5, 5.41) is 4.51. The van der Waals surface area contributed by atoms with Crippen LogP contribution in [-0.2, 0) is 0 Å². The number of hydrogen-bond donors (Lipinski definition) is 1. The van der Waals surface area contributed by atoms with Gasteiger partial charge in [-0.05, 0) is 74.7 Å². The van der Waals surface area contributed by atoms with Gasteiger partial charge in [0.05, 0.1) is 51.4 Å². The third kappa shape index (κ3) is 3.87. The summed E-state index contributed by atoms with van der Waals surface area (Å²) in [6, 6.07) is 23.7. The average molecular weight is 432 g/mol. The summed E-state index contributed by atoms with van der Waals surface area (Å²) >= 11 is 0. The highest BCUT2D eigenvalue weighted by Crippen LogP contribution is 2.31. The Bertz CT molecular complexity index is 1510. The first-order valence-corrected chi connectivity index (χ1v) is 11.4. The normalized spacial score (nSPS) is 14.2. The molecule has 1 aromatic heterocycles. The number of fused-ring (bicyclic) bond motifs is 2. The minimum absolute atomic E-state index is 0.403. The Labute approximate surface area is 192 Å². The molecule has 2 heterocycles. The van der Waals surface area contributed by atoms with Crippen molar-refractivity contribution in [2.45, 2.75) is 32.7 Å². The lowest BCUT2D eigenvalue weighted by molar-refractivity contribution is 0.997. The van der Waals surface area contributed by atoms with Gasteiger partial charge in [-0.2, -0.15) is 0 Å². The van der Waals surface area contributed by atoms with Gasteiger partial charge < -0.3 is 9.88 Å².